The van der Waals surface area contributed by atoms with Crippen LogP contribution in [0.4, 0.5) is 0 Å². The molecule has 0 amide bonds. The summed E-state index contributed by atoms with van der Waals surface area (Å²) in [6.07, 6.45) is 4.70. The van der Waals surface area contributed by atoms with Crippen molar-refractivity contribution in [1.82, 2.24) is 14.5 Å². The van der Waals surface area contributed by atoms with Gasteiger partial charge >= 0.3 is 0 Å². The summed E-state index contributed by atoms with van der Waals surface area (Å²) in [6, 6.07) is 7.10. The van der Waals surface area contributed by atoms with Crippen molar-refractivity contribution in [1.29, 1.82) is 0 Å². The maximum atomic E-state index is 12.9. The van der Waals surface area contributed by atoms with Gasteiger partial charge in [-0.25, -0.2) is 9.97 Å². The van der Waals surface area contributed by atoms with Gasteiger partial charge in [-0.05, 0) is 37.1 Å². The Bertz CT molecular complexity index is 919. The minimum absolute atomic E-state index is 0.106. The molecule has 0 unspecified atom stereocenters. The summed E-state index contributed by atoms with van der Waals surface area (Å²) in [5.41, 5.74) is 2.38. The standard InChI is InChI=1S/C16H12ClN3O2/c17-10-3-5-11(6-4-10)20-15-13(18-7-8-19-15)14-12(16(20)21)2-1-9-22-14/h3-8H,1-2,9H2. The van der Waals surface area contributed by atoms with Gasteiger partial charge in [0.2, 0.25) is 0 Å². The number of rotatable bonds is 1. The highest BCUT2D eigenvalue weighted by atomic mass is 35.5. The number of nitrogens with zero attached hydrogens (tertiary/aromatic N) is 3. The second-order valence-corrected chi connectivity index (χ2v) is 5.54. The van der Waals surface area contributed by atoms with Crippen LogP contribution in [0.2, 0.25) is 5.02 Å². The minimum atomic E-state index is -0.106. The van der Waals surface area contributed by atoms with Gasteiger partial charge in [0, 0.05) is 17.4 Å². The molecule has 0 atom stereocenters. The SMILES string of the molecule is O=c1c2c(c3nccnc3n1-c1ccc(Cl)cc1)OCCC2. The molecule has 1 aliphatic heterocycles. The highest BCUT2D eigenvalue weighted by Gasteiger charge is 2.23. The van der Waals surface area contributed by atoms with Gasteiger partial charge in [-0.2, -0.15) is 0 Å². The first-order valence-electron chi connectivity index (χ1n) is 7.03. The molecule has 1 aromatic carbocycles. The number of hydrogen-bond acceptors (Lipinski definition) is 4. The van der Waals surface area contributed by atoms with Crippen LogP contribution in [0, 0.1) is 0 Å². The molecule has 0 saturated heterocycles. The van der Waals surface area contributed by atoms with E-state index < -0.39 is 0 Å². The van der Waals surface area contributed by atoms with Crippen LogP contribution in [0.3, 0.4) is 0 Å². The van der Waals surface area contributed by atoms with E-state index in [1.807, 2.05) is 0 Å². The second-order valence-electron chi connectivity index (χ2n) is 5.11. The van der Waals surface area contributed by atoms with Crippen LogP contribution >= 0.6 is 11.6 Å². The number of fused-ring (bicyclic) bond motifs is 3. The number of halogens is 1. The quantitative estimate of drug-likeness (QED) is 0.693. The third kappa shape index (κ3) is 1.97. The molecule has 1 aliphatic rings. The summed E-state index contributed by atoms with van der Waals surface area (Å²) < 4.78 is 7.27. The molecule has 3 aromatic rings. The fraction of sp³-hybridized carbons (Fsp3) is 0.188. The fourth-order valence-corrected chi connectivity index (χ4v) is 2.88. The number of benzene rings is 1. The Morgan fingerprint density at radius 3 is 2.73 bits per heavy atom. The van der Waals surface area contributed by atoms with Gasteiger partial charge in [0.05, 0.1) is 17.9 Å². The van der Waals surface area contributed by atoms with Crippen LogP contribution in [-0.2, 0) is 6.42 Å². The van der Waals surface area contributed by atoms with Gasteiger partial charge in [-0.15, -0.1) is 0 Å². The largest absolute Gasteiger partial charge is 0.491 e. The average Bonchev–Trinajstić information content (AvgIpc) is 2.57. The van der Waals surface area contributed by atoms with E-state index in [0.717, 1.165) is 6.42 Å². The van der Waals surface area contributed by atoms with Crippen molar-refractivity contribution in [2.24, 2.45) is 0 Å². The first-order chi connectivity index (χ1) is 10.8. The maximum Gasteiger partial charge on any atom is 0.263 e. The van der Waals surface area contributed by atoms with Crippen molar-refractivity contribution in [2.45, 2.75) is 12.8 Å². The van der Waals surface area contributed by atoms with E-state index in [1.54, 1.807) is 41.2 Å². The Labute approximate surface area is 131 Å². The smallest absolute Gasteiger partial charge is 0.263 e. The van der Waals surface area contributed by atoms with Crippen molar-refractivity contribution in [3.63, 3.8) is 0 Å². The zero-order valence-corrected chi connectivity index (χ0v) is 12.4. The molecule has 4 rings (SSSR count). The highest BCUT2D eigenvalue weighted by molar-refractivity contribution is 6.30. The molecule has 0 spiro atoms. The molecular weight excluding hydrogens is 302 g/mol. The molecule has 0 radical (unpaired) electrons. The topological polar surface area (TPSA) is 57.0 Å². The van der Waals surface area contributed by atoms with E-state index in [-0.39, 0.29) is 5.56 Å². The second kappa shape index (κ2) is 5.10. The van der Waals surface area contributed by atoms with Gasteiger partial charge in [-0.3, -0.25) is 9.36 Å². The predicted molar refractivity (Wildman–Crippen MR) is 84.0 cm³/mol. The normalized spacial score (nSPS) is 13.7. The van der Waals surface area contributed by atoms with Crippen LogP contribution in [-0.4, -0.2) is 21.1 Å². The molecule has 3 heterocycles. The van der Waals surface area contributed by atoms with Crippen LogP contribution in [0.5, 0.6) is 5.75 Å². The lowest BCUT2D eigenvalue weighted by Gasteiger charge is -2.20. The third-order valence-electron chi connectivity index (χ3n) is 3.74. The molecule has 0 saturated carbocycles. The van der Waals surface area contributed by atoms with Crippen molar-refractivity contribution >= 4 is 22.8 Å². The summed E-state index contributed by atoms with van der Waals surface area (Å²) in [4.78, 5) is 21.6. The molecule has 0 N–H and O–H groups in total. The first kappa shape index (κ1) is 13.3. The molecule has 0 fully saturated rings. The van der Waals surface area contributed by atoms with Crippen molar-refractivity contribution in [3.8, 4) is 11.4 Å². The Morgan fingerprint density at radius 1 is 1.14 bits per heavy atom. The lowest BCUT2D eigenvalue weighted by Crippen LogP contribution is -2.27. The zero-order valence-electron chi connectivity index (χ0n) is 11.6. The Balaban J connectivity index is 2.12. The summed E-state index contributed by atoms with van der Waals surface area (Å²) >= 11 is 5.94. The van der Waals surface area contributed by atoms with Crippen molar-refractivity contribution in [3.05, 3.63) is 57.6 Å². The van der Waals surface area contributed by atoms with Crippen LogP contribution in [0.25, 0.3) is 16.9 Å². The Morgan fingerprint density at radius 2 is 1.91 bits per heavy atom. The molecule has 22 heavy (non-hydrogen) atoms. The van der Waals surface area contributed by atoms with Crippen molar-refractivity contribution in [2.75, 3.05) is 6.61 Å². The summed E-state index contributed by atoms with van der Waals surface area (Å²) in [6.45, 7) is 0.600. The number of aromatic nitrogens is 3. The highest BCUT2D eigenvalue weighted by Crippen LogP contribution is 2.29. The van der Waals surface area contributed by atoms with E-state index >= 15 is 0 Å². The van der Waals surface area contributed by atoms with Crippen LogP contribution in [0.1, 0.15) is 12.0 Å². The summed E-state index contributed by atoms with van der Waals surface area (Å²) in [5.74, 6) is 0.574. The molecule has 6 heteroatoms. The molecular formula is C16H12ClN3O2. The van der Waals surface area contributed by atoms with Crippen LogP contribution in [0.15, 0.2) is 41.5 Å². The molecule has 0 bridgehead atoms. The maximum absolute atomic E-state index is 12.9. The van der Waals surface area contributed by atoms with Gasteiger partial charge in [-0.1, -0.05) is 11.6 Å². The predicted octanol–water partition coefficient (Wildman–Crippen LogP) is 2.76. The summed E-state index contributed by atoms with van der Waals surface area (Å²) in [5, 5.41) is 0.619. The Hall–Kier alpha value is -2.40. The minimum Gasteiger partial charge on any atom is -0.491 e. The van der Waals surface area contributed by atoms with E-state index in [0.29, 0.717) is 46.2 Å². The van der Waals surface area contributed by atoms with Crippen molar-refractivity contribution < 1.29 is 4.74 Å². The number of hydrogen-bond donors (Lipinski definition) is 0. The van der Waals surface area contributed by atoms with Gasteiger partial charge in [0.1, 0.15) is 5.52 Å². The zero-order chi connectivity index (χ0) is 15.1. The molecule has 0 aliphatic carbocycles. The monoisotopic (exact) mass is 313 g/mol. The van der Waals surface area contributed by atoms with Gasteiger partial charge < -0.3 is 4.74 Å². The van der Waals surface area contributed by atoms with E-state index in [1.165, 1.54) is 0 Å². The lowest BCUT2D eigenvalue weighted by atomic mass is 10.1. The molecule has 2 aromatic heterocycles. The fourth-order valence-electron chi connectivity index (χ4n) is 2.75. The summed E-state index contributed by atoms with van der Waals surface area (Å²) in [7, 11) is 0. The first-order valence-corrected chi connectivity index (χ1v) is 7.41. The lowest BCUT2D eigenvalue weighted by molar-refractivity contribution is 0.290. The molecule has 110 valence electrons. The number of pyridine rings is 1. The third-order valence-corrected chi connectivity index (χ3v) is 4.00. The Kier molecular flexibility index (Phi) is 3.08. The molecule has 5 nitrogen and oxygen atoms in total. The van der Waals surface area contributed by atoms with E-state index in [2.05, 4.69) is 9.97 Å². The van der Waals surface area contributed by atoms with Crippen LogP contribution < -0.4 is 10.3 Å². The van der Waals surface area contributed by atoms with Gasteiger partial charge in [0.25, 0.3) is 5.56 Å². The number of ether oxygens (including phenoxy) is 1. The van der Waals surface area contributed by atoms with E-state index in [4.69, 9.17) is 16.3 Å². The van der Waals surface area contributed by atoms with E-state index in [9.17, 15) is 4.79 Å². The van der Waals surface area contributed by atoms with Gasteiger partial charge in [0.15, 0.2) is 11.4 Å². The average molecular weight is 314 g/mol.